The minimum absolute atomic E-state index is 0.0162. The summed E-state index contributed by atoms with van der Waals surface area (Å²) in [5, 5.41) is 3.29. The van der Waals surface area contributed by atoms with Crippen molar-refractivity contribution >= 4 is 21.6 Å². The van der Waals surface area contributed by atoms with Gasteiger partial charge in [0.15, 0.2) is 0 Å². The van der Waals surface area contributed by atoms with E-state index in [0.717, 1.165) is 17.7 Å². The van der Waals surface area contributed by atoms with Crippen molar-refractivity contribution in [1.29, 1.82) is 0 Å². The fourth-order valence-corrected chi connectivity index (χ4v) is 2.40. The first-order valence-corrected chi connectivity index (χ1v) is 6.86. The SMILES string of the molecule is CCC(Nc1ccc(F)cc1Br)c1cccc(F)c1. The van der Waals surface area contributed by atoms with E-state index in [0.29, 0.717) is 4.47 Å². The van der Waals surface area contributed by atoms with Gasteiger partial charge in [0.25, 0.3) is 0 Å². The minimum Gasteiger partial charge on any atom is -0.377 e. The minimum atomic E-state index is -0.295. The summed E-state index contributed by atoms with van der Waals surface area (Å²) in [6, 6.07) is 10.9. The molecule has 2 aromatic rings. The van der Waals surface area contributed by atoms with Crippen molar-refractivity contribution in [1.82, 2.24) is 0 Å². The van der Waals surface area contributed by atoms with Crippen LogP contribution in [0.25, 0.3) is 0 Å². The van der Waals surface area contributed by atoms with Gasteiger partial charge in [-0.15, -0.1) is 0 Å². The normalized spacial score (nSPS) is 12.2. The van der Waals surface area contributed by atoms with Crippen molar-refractivity contribution in [3.8, 4) is 0 Å². The molecule has 0 amide bonds. The molecule has 1 unspecified atom stereocenters. The van der Waals surface area contributed by atoms with Gasteiger partial charge in [0.2, 0.25) is 0 Å². The Kier molecular flexibility index (Phi) is 4.53. The molecule has 1 nitrogen and oxygen atoms in total. The van der Waals surface area contributed by atoms with E-state index in [1.54, 1.807) is 12.1 Å². The molecule has 0 bridgehead atoms. The molecule has 2 aromatic carbocycles. The Balaban J connectivity index is 2.24. The van der Waals surface area contributed by atoms with Gasteiger partial charge in [-0.05, 0) is 58.2 Å². The molecule has 4 heteroatoms. The molecule has 0 spiro atoms. The average molecular weight is 326 g/mol. The molecule has 0 aromatic heterocycles. The van der Waals surface area contributed by atoms with E-state index in [4.69, 9.17) is 0 Å². The topological polar surface area (TPSA) is 12.0 Å². The van der Waals surface area contributed by atoms with E-state index in [2.05, 4.69) is 21.2 Å². The quantitative estimate of drug-likeness (QED) is 0.805. The van der Waals surface area contributed by atoms with E-state index in [-0.39, 0.29) is 17.7 Å². The van der Waals surface area contributed by atoms with Gasteiger partial charge in [-0.2, -0.15) is 0 Å². The number of halogens is 3. The lowest BCUT2D eigenvalue weighted by molar-refractivity contribution is 0.620. The number of hydrogen-bond donors (Lipinski definition) is 1. The summed E-state index contributed by atoms with van der Waals surface area (Å²) >= 11 is 3.32. The van der Waals surface area contributed by atoms with E-state index in [9.17, 15) is 8.78 Å². The number of benzene rings is 2. The zero-order valence-electron chi connectivity index (χ0n) is 10.5. The third-order valence-corrected chi connectivity index (χ3v) is 3.58. The summed E-state index contributed by atoms with van der Waals surface area (Å²) in [6.07, 6.45) is 0.799. The summed E-state index contributed by atoms with van der Waals surface area (Å²) < 4.78 is 26.9. The summed E-state index contributed by atoms with van der Waals surface area (Å²) in [6.45, 7) is 2.01. The van der Waals surface area contributed by atoms with Crippen molar-refractivity contribution in [3.05, 3.63) is 64.1 Å². The summed E-state index contributed by atoms with van der Waals surface area (Å²) in [5.74, 6) is -0.549. The molecule has 0 aliphatic heterocycles. The lowest BCUT2D eigenvalue weighted by Gasteiger charge is -2.20. The van der Waals surface area contributed by atoms with Crippen LogP contribution in [0.4, 0.5) is 14.5 Å². The maximum absolute atomic E-state index is 13.2. The second kappa shape index (κ2) is 6.15. The van der Waals surface area contributed by atoms with Crippen LogP contribution in [0.15, 0.2) is 46.9 Å². The molecule has 2 rings (SSSR count). The average Bonchev–Trinajstić information content (AvgIpc) is 2.38. The first kappa shape index (κ1) is 14.0. The lowest BCUT2D eigenvalue weighted by Crippen LogP contribution is -2.10. The van der Waals surface area contributed by atoms with Crippen molar-refractivity contribution in [3.63, 3.8) is 0 Å². The van der Waals surface area contributed by atoms with Crippen LogP contribution < -0.4 is 5.32 Å². The zero-order valence-corrected chi connectivity index (χ0v) is 12.0. The first-order valence-electron chi connectivity index (χ1n) is 6.07. The Morgan fingerprint density at radius 3 is 2.47 bits per heavy atom. The molecule has 0 saturated carbocycles. The molecular formula is C15H14BrF2N. The third-order valence-electron chi connectivity index (χ3n) is 2.92. The van der Waals surface area contributed by atoms with Gasteiger partial charge in [-0.3, -0.25) is 0 Å². The van der Waals surface area contributed by atoms with Gasteiger partial charge in [0.1, 0.15) is 11.6 Å². The van der Waals surface area contributed by atoms with Crippen LogP contribution in [0.1, 0.15) is 24.9 Å². The maximum atomic E-state index is 13.2. The molecule has 0 saturated heterocycles. The van der Waals surface area contributed by atoms with Crippen LogP contribution in [-0.4, -0.2) is 0 Å². The number of anilines is 1. The van der Waals surface area contributed by atoms with Crippen molar-refractivity contribution < 1.29 is 8.78 Å². The van der Waals surface area contributed by atoms with E-state index in [1.165, 1.54) is 24.3 Å². The first-order chi connectivity index (χ1) is 9.10. The van der Waals surface area contributed by atoms with Gasteiger partial charge in [-0.1, -0.05) is 19.1 Å². The van der Waals surface area contributed by atoms with Crippen LogP contribution in [0.2, 0.25) is 0 Å². The molecule has 1 atom stereocenters. The Bertz CT molecular complexity index is 572. The summed E-state index contributed by atoms with van der Waals surface area (Å²) in [7, 11) is 0. The van der Waals surface area contributed by atoms with Gasteiger partial charge in [0, 0.05) is 10.2 Å². The Morgan fingerprint density at radius 2 is 1.84 bits per heavy atom. The van der Waals surface area contributed by atoms with E-state index < -0.39 is 0 Å². The summed E-state index contributed by atoms with van der Waals surface area (Å²) in [4.78, 5) is 0. The third kappa shape index (κ3) is 3.53. The van der Waals surface area contributed by atoms with Crippen molar-refractivity contribution in [2.75, 3.05) is 5.32 Å². The molecular weight excluding hydrogens is 312 g/mol. The number of nitrogens with one attached hydrogen (secondary N) is 1. The molecule has 100 valence electrons. The largest absolute Gasteiger partial charge is 0.377 e. The van der Waals surface area contributed by atoms with Crippen LogP contribution in [0, 0.1) is 11.6 Å². The van der Waals surface area contributed by atoms with Crippen LogP contribution in [-0.2, 0) is 0 Å². The highest BCUT2D eigenvalue weighted by molar-refractivity contribution is 9.10. The number of rotatable bonds is 4. The molecule has 0 aliphatic rings. The Hall–Kier alpha value is -1.42. The van der Waals surface area contributed by atoms with Gasteiger partial charge in [0.05, 0.1) is 6.04 Å². The van der Waals surface area contributed by atoms with E-state index >= 15 is 0 Å². The zero-order chi connectivity index (χ0) is 13.8. The Morgan fingerprint density at radius 1 is 1.11 bits per heavy atom. The monoisotopic (exact) mass is 325 g/mol. The fourth-order valence-electron chi connectivity index (χ4n) is 1.94. The lowest BCUT2D eigenvalue weighted by atomic mass is 10.0. The van der Waals surface area contributed by atoms with Gasteiger partial charge in [-0.25, -0.2) is 8.78 Å². The molecule has 0 radical (unpaired) electrons. The van der Waals surface area contributed by atoms with Crippen molar-refractivity contribution in [2.45, 2.75) is 19.4 Å². The highest BCUT2D eigenvalue weighted by Crippen LogP contribution is 2.29. The predicted molar refractivity (Wildman–Crippen MR) is 77.2 cm³/mol. The van der Waals surface area contributed by atoms with Crippen LogP contribution >= 0.6 is 15.9 Å². The molecule has 0 aliphatic carbocycles. The highest BCUT2D eigenvalue weighted by Gasteiger charge is 2.11. The van der Waals surface area contributed by atoms with E-state index in [1.807, 2.05) is 13.0 Å². The van der Waals surface area contributed by atoms with Gasteiger partial charge >= 0.3 is 0 Å². The predicted octanol–water partition coefficient (Wildman–Crippen LogP) is 5.29. The number of hydrogen-bond acceptors (Lipinski definition) is 1. The smallest absolute Gasteiger partial charge is 0.124 e. The molecule has 0 heterocycles. The Labute approximate surface area is 119 Å². The second-order valence-electron chi connectivity index (χ2n) is 4.28. The second-order valence-corrected chi connectivity index (χ2v) is 5.14. The fraction of sp³-hybridized carbons (Fsp3) is 0.200. The molecule has 19 heavy (non-hydrogen) atoms. The van der Waals surface area contributed by atoms with Gasteiger partial charge < -0.3 is 5.32 Å². The highest BCUT2D eigenvalue weighted by atomic mass is 79.9. The molecule has 0 fully saturated rings. The van der Waals surface area contributed by atoms with Crippen molar-refractivity contribution in [2.24, 2.45) is 0 Å². The van der Waals surface area contributed by atoms with Crippen LogP contribution in [0.3, 0.4) is 0 Å². The molecule has 1 N–H and O–H groups in total. The maximum Gasteiger partial charge on any atom is 0.124 e. The summed E-state index contributed by atoms with van der Waals surface area (Å²) in [5.41, 5.74) is 1.66. The van der Waals surface area contributed by atoms with Crippen LogP contribution in [0.5, 0.6) is 0 Å². The standard InChI is InChI=1S/C15H14BrF2N/c1-2-14(10-4-3-5-11(17)8-10)19-15-7-6-12(18)9-13(15)16/h3-9,14,19H,2H2,1H3.